The van der Waals surface area contributed by atoms with E-state index in [1.807, 2.05) is 41.8 Å². The molecule has 108 valence electrons. The Kier molecular flexibility index (Phi) is 2.94. The van der Waals surface area contributed by atoms with Crippen LogP contribution in [0.15, 0.2) is 60.8 Å². The lowest BCUT2D eigenvalue weighted by atomic mass is 10.0. The summed E-state index contributed by atoms with van der Waals surface area (Å²) in [6.07, 6.45) is 1.95. The second-order valence-corrected chi connectivity index (χ2v) is 5.51. The van der Waals surface area contributed by atoms with Gasteiger partial charge in [-0.15, -0.1) is 0 Å². The third-order valence-electron chi connectivity index (χ3n) is 4.12. The van der Waals surface area contributed by atoms with Crippen molar-refractivity contribution in [1.82, 2.24) is 9.38 Å². The molecule has 0 fully saturated rings. The Balaban J connectivity index is 2.01. The van der Waals surface area contributed by atoms with E-state index in [1.165, 1.54) is 10.8 Å². The van der Waals surface area contributed by atoms with E-state index < -0.39 is 0 Å². The molecule has 2 heterocycles. The molecule has 0 aliphatic rings. The third kappa shape index (κ3) is 1.90. The van der Waals surface area contributed by atoms with Crippen LogP contribution in [0.3, 0.4) is 0 Å². The number of imidazole rings is 1. The Bertz CT molecular complexity index is 985. The maximum Gasteiger partial charge on any atom is 0.140 e. The predicted octanol–water partition coefficient (Wildman–Crippen LogP) is 3.96. The van der Waals surface area contributed by atoms with Crippen molar-refractivity contribution in [1.29, 1.82) is 0 Å². The van der Waals surface area contributed by atoms with Gasteiger partial charge in [-0.1, -0.05) is 42.5 Å². The molecule has 0 spiro atoms. The Morgan fingerprint density at radius 3 is 2.64 bits per heavy atom. The van der Waals surface area contributed by atoms with Crippen LogP contribution < -0.4 is 0 Å². The molecule has 4 aromatic rings. The average molecular weight is 288 g/mol. The van der Waals surface area contributed by atoms with E-state index in [0.717, 1.165) is 28.2 Å². The molecule has 2 aromatic heterocycles. The smallest absolute Gasteiger partial charge is 0.140 e. The van der Waals surface area contributed by atoms with Gasteiger partial charge in [-0.2, -0.15) is 0 Å². The zero-order valence-corrected chi connectivity index (χ0v) is 12.3. The van der Waals surface area contributed by atoms with Gasteiger partial charge < -0.3 is 9.51 Å². The number of nitrogens with zero attached hydrogens (tertiary/aromatic N) is 2. The van der Waals surface area contributed by atoms with Gasteiger partial charge in [0.15, 0.2) is 0 Å². The second-order valence-electron chi connectivity index (χ2n) is 5.51. The van der Waals surface area contributed by atoms with Gasteiger partial charge in [-0.25, -0.2) is 4.98 Å². The molecule has 2 aromatic carbocycles. The first kappa shape index (κ1) is 13.0. The largest absolute Gasteiger partial charge is 0.390 e. The molecule has 0 unspecified atom stereocenters. The molecule has 3 nitrogen and oxygen atoms in total. The van der Waals surface area contributed by atoms with Crippen LogP contribution >= 0.6 is 0 Å². The molecule has 4 rings (SSSR count). The van der Waals surface area contributed by atoms with E-state index in [0.29, 0.717) is 0 Å². The van der Waals surface area contributed by atoms with Gasteiger partial charge >= 0.3 is 0 Å². The number of aliphatic hydroxyl groups excluding tert-OH is 1. The van der Waals surface area contributed by atoms with Gasteiger partial charge in [0.2, 0.25) is 0 Å². The average Bonchev–Trinajstić information content (AvgIpc) is 2.94. The van der Waals surface area contributed by atoms with E-state index in [-0.39, 0.29) is 6.61 Å². The minimum Gasteiger partial charge on any atom is -0.390 e. The molecule has 0 radical (unpaired) electrons. The molecule has 0 saturated carbocycles. The van der Waals surface area contributed by atoms with Crippen molar-refractivity contribution in [2.45, 2.75) is 13.5 Å². The summed E-state index contributed by atoms with van der Waals surface area (Å²) in [4.78, 5) is 4.76. The van der Waals surface area contributed by atoms with Crippen LogP contribution in [-0.4, -0.2) is 14.5 Å². The summed E-state index contributed by atoms with van der Waals surface area (Å²) < 4.78 is 1.97. The highest BCUT2D eigenvalue weighted by molar-refractivity contribution is 5.87. The molecule has 0 aliphatic carbocycles. The number of aromatic nitrogens is 2. The van der Waals surface area contributed by atoms with Crippen molar-refractivity contribution in [2.24, 2.45) is 0 Å². The van der Waals surface area contributed by atoms with Gasteiger partial charge in [-0.05, 0) is 35.4 Å². The molecule has 22 heavy (non-hydrogen) atoms. The first-order valence-corrected chi connectivity index (χ1v) is 7.34. The molecule has 0 amide bonds. The lowest BCUT2D eigenvalue weighted by Crippen LogP contribution is -1.94. The molecule has 1 N–H and O–H groups in total. The number of hydrogen-bond donors (Lipinski definition) is 1. The summed E-state index contributed by atoms with van der Waals surface area (Å²) in [6, 6.07) is 18.6. The molecular weight excluding hydrogens is 272 g/mol. The fraction of sp³-hybridized carbons (Fsp3) is 0.105. The van der Waals surface area contributed by atoms with Crippen LogP contribution in [-0.2, 0) is 6.61 Å². The molecule has 0 bridgehead atoms. The van der Waals surface area contributed by atoms with Crippen LogP contribution in [0.2, 0.25) is 0 Å². The number of pyridine rings is 1. The Morgan fingerprint density at radius 2 is 1.82 bits per heavy atom. The van der Waals surface area contributed by atoms with Crippen molar-refractivity contribution < 1.29 is 5.11 Å². The van der Waals surface area contributed by atoms with Gasteiger partial charge in [0, 0.05) is 11.8 Å². The first-order valence-electron chi connectivity index (χ1n) is 7.34. The van der Waals surface area contributed by atoms with Crippen LogP contribution in [0, 0.1) is 6.92 Å². The van der Waals surface area contributed by atoms with Crippen molar-refractivity contribution in [3.05, 3.63) is 72.1 Å². The summed E-state index contributed by atoms with van der Waals surface area (Å²) in [7, 11) is 0. The van der Waals surface area contributed by atoms with E-state index in [4.69, 9.17) is 4.98 Å². The van der Waals surface area contributed by atoms with Gasteiger partial charge in [0.1, 0.15) is 5.65 Å². The van der Waals surface area contributed by atoms with E-state index >= 15 is 0 Å². The van der Waals surface area contributed by atoms with Crippen molar-refractivity contribution >= 4 is 16.4 Å². The Labute approximate surface area is 128 Å². The lowest BCUT2D eigenvalue weighted by Gasteiger charge is -2.04. The van der Waals surface area contributed by atoms with Crippen molar-refractivity contribution in [3.63, 3.8) is 0 Å². The fourth-order valence-electron chi connectivity index (χ4n) is 2.97. The number of aliphatic hydroxyl groups is 1. The van der Waals surface area contributed by atoms with E-state index in [1.54, 1.807) is 0 Å². The van der Waals surface area contributed by atoms with Crippen molar-refractivity contribution in [3.8, 4) is 11.3 Å². The lowest BCUT2D eigenvalue weighted by molar-refractivity contribution is 0.276. The van der Waals surface area contributed by atoms with Gasteiger partial charge in [-0.3, -0.25) is 0 Å². The first-order chi connectivity index (χ1) is 10.8. The topological polar surface area (TPSA) is 37.5 Å². The number of fused-ring (bicyclic) bond motifs is 2. The third-order valence-corrected chi connectivity index (χ3v) is 4.12. The van der Waals surface area contributed by atoms with E-state index in [9.17, 15) is 5.11 Å². The number of hydrogen-bond acceptors (Lipinski definition) is 2. The van der Waals surface area contributed by atoms with Gasteiger partial charge in [0.25, 0.3) is 0 Å². The summed E-state index contributed by atoms with van der Waals surface area (Å²) in [5, 5.41) is 12.2. The summed E-state index contributed by atoms with van der Waals surface area (Å²) in [5.41, 5.74) is 4.71. The van der Waals surface area contributed by atoms with Crippen LogP contribution in [0.25, 0.3) is 27.7 Å². The molecule has 0 saturated heterocycles. The maximum atomic E-state index is 9.81. The Morgan fingerprint density at radius 1 is 1.00 bits per heavy atom. The standard InChI is InChI=1S/C19H16N2O/c1-13-5-4-10-21-17(12-22)18(20-19(13)21)16-9-8-14-6-2-3-7-15(14)11-16/h2-11,22H,12H2,1H3. The van der Waals surface area contributed by atoms with Gasteiger partial charge in [0.05, 0.1) is 18.0 Å². The summed E-state index contributed by atoms with van der Waals surface area (Å²) >= 11 is 0. The zero-order valence-electron chi connectivity index (χ0n) is 12.3. The van der Waals surface area contributed by atoms with Crippen LogP contribution in [0.1, 0.15) is 11.3 Å². The Hall–Kier alpha value is -2.65. The quantitative estimate of drug-likeness (QED) is 0.606. The molecule has 0 aliphatic heterocycles. The van der Waals surface area contributed by atoms with Crippen LogP contribution in [0.5, 0.6) is 0 Å². The SMILES string of the molecule is Cc1cccn2c(CO)c(-c3ccc4ccccc4c3)nc12. The highest BCUT2D eigenvalue weighted by atomic mass is 16.3. The number of rotatable bonds is 2. The van der Waals surface area contributed by atoms with Crippen molar-refractivity contribution in [2.75, 3.05) is 0 Å². The monoisotopic (exact) mass is 288 g/mol. The fourth-order valence-corrected chi connectivity index (χ4v) is 2.97. The maximum absolute atomic E-state index is 9.81. The molecular formula is C19H16N2O. The highest BCUT2D eigenvalue weighted by Crippen LogP contribution is 2.28. The minimum absolute atomic E-state index is 0.0349. The predicted molar refractivity (Wildman–Crippen MR) is 88.8 cm³/mol. The minimum atomic E-state index is -0.0349. The number of aryl methyl sites for hydroxylation is 1. The normalized spacial score (nSPS) is 11.4. The van der Waals surface area contributed by atoms with E-state index in [2.05, 4.69) is 30.3 Å². The summed E-state index contributed by atoms with van der Waals surface area (Å²) in [5.74, 6) is 0. The molecule has 3 heteroatoms. The zero-order chi connectivity index (χ0) is 15.1. The summed E-state index contributed by atoms with van der Waals surface area (Å²) in [6.45, 7) is 2.00. The van der Waals surface area contributed by atoms with Crippen LogP contribution in [0.4, 0.5) is 0 Å². The highest BCUT2D eigenvalue weighted by Gasteiger charge is 2.14. The number of benzene rings is 2. The molecule has 0 atom stereocenters. The second kappa shape index (κ2) is 4.97.